The average molecular weight is 364 g/mol. The first kappa shape index (κ1) is 17.5. The van der Waals surface area contributed by atoms with Gasteiger partial charge in [0.05, 0.1) is 12.1 Å². The fraction of sp³-hybridized carbons (Fsp3) is 0.227. The molecule has 1 aromatic heterocycles. The van der Waals surface area contributed by atoms with Gasteiger partial charge in [-0.05, 0) is 66.9 Å². The molecule has 138 valence electrons. The zero-order valence-corrected chi connectivity index (χ0v) is 14.8. The second kappa shape index (κ2) is 7.76. The highest BCUT2D eigenvalue weighted by molar-refractivity contribution is 5.94. The van der Waals surface area contributed by atoms with E-state index in [1.165, 1.54) is 12.1 Å². The number of nitrogens with zero attached hydrogens (tertiary/aromatic N) is 1. The van der Waals surface area contributed by atoms with Crippen LogP contribution in [-0.4, -0.2) is 23.2 Å². The summed E-state index contributed by atoms with van der Waals surface area (Å²) in [7, 11) is 0. The molecule has 1 saturated heterocycles. The Morgan fingerprint density at radius 3 is 2.41 bits per heavy atom. The first-order valence-electron chi connectivity index (χ1n) is 9.12. The average Bonchev–Trinajstić information content (AvgIpc) is 3.41. The zero-order chi connectivity index (χ0) is 18.6. The molecule has 0 radical (unpaired) electrons. The molecule has 3 aromatic rings. The van der Waals surface area contributed by atoms with Gasteiger partial charge in [0.1, 0.15) is 5.82 Å². The van der Waals surface area contributed by atoms with Crippen LogP contribution < -0.4 is 5.32 Å². The predicted octanol–water partition coefficient (Wildman–Crippen LogP) is 4.27. The smallest absolute Gasteiger partial charge is 0.251 e. The summed E-state index contributed by atoms with van der Waals surface area (Å²) in [5.74, 6) is -0.462. The van der Waals surface area contributed by atoms with E-state index in [1.807, 2.05) is 53.4 Å². The molecule has 1 amide bonds. The minimum absolute atomic E-state index is 0.0986. The van der Waals surface area contributed by atoms with Gasteiger partial charge >= 0.3 is 0 Å². The van der Waals surface area contributed by atoms with E-state index in [2.05, 4.69) is 5.32 Å². The molecule has 1 fully saturated rings. The van der Waals surface area contributed by atoms with E-state index in [-0.39, 0.29) is 23.9 Å². The summed E-state index contributed by atoms with van der Waals surface area (Å²) in [4.78, 5) is 12.8. The number of nitrogens with one attached hydrogen (secondary N) is 1. The largest absolute Gasteiger partial charge is 0.376 e. The van der Waals surface area contributed by atoms with Crippen LogP contribution in [-0.2, 0) is 4.74 Å². The van der Waals surface area contributed by atoms with Gasteiger partial charge in [0, 0.05) is 30.3 Å². The van der Waals surface area contributed by atoms with Crippen LogP contribution in [0.1, 0.15) is 34.8 Å². The number of amides is 1. The number of hydrogen-bond acceptors (Lipinski definition) is 2. The normalized spacial score (nSPS) is 17.6. The Morgan fingerprint density at radius 2 is 1.78 bits per heavy atom. The lowest BCUT2D eigenvalue weighted by Crippen LogP contribution is -2.36. The molecule has 2 atom stereocenters. The Morgan fingerprint density at radius 1 is 1.07 bits per heavy atom. The van der Waals surface area contributed by atoms with Crippen LogP contribution in [0.3, 0.4) is 0 Å². The van der Waals surface area contributed by atoms with Crippen LogP contribution in [0.5, 0.6) is 0 Å². The van der Waals surface area contributed by atoms with Gasteiger partial charge in [0.2, 0.25) is 0 Å². The summed E-state index contributed by atoms with van der Waals surface area (Å²) in [6.45, 7) is 0.684. The monoisotopic (exact) mass is 364 g/mol. The summed E-state index contributed by atoms with van der Waals surface area (Å²) in [6.07, 6.45) is 5.64. The quantitative estimate of drug-likeness (QED) is 0.735. The van der Waals surface area contributed by atoms with Crippen LogP contribution in [0.4, 0.5) is 4.39 Å². The molecule has 4 nitrogen and oxygen atoms in total. The molecular formula is C22H21FN2O2. The molecule has 1 N–H and O–H groups in total. The molecule has 2 heterocycles. The van der Waals surface area contributed by atoms with Crippen molar-refractivity contribution in [1.29, 1.82) is 0 Å². The minimum Gasteiger partial charge on any atom is -0.376 e. The van der Waals surface area contributed by atoms with Gasteiger partial charge < -0.3 is 14.6 Å². The van der Waals surface area contributed by atoms with Gasteiger partial charge in [0.15, 0.2) is 0 Å². The van der Waals surface area contributed by atoms with Crippen molar-refractivity contribution in [3.8, 4) is 5.69 Å². The summed E-state index contributed by atoms with van der Waals surface area (Å²) in [6, 6.07) is 17.3. The van der Waals surface area contributed by atoms with E-state index in [1.54, 1.807) is 12.1 Å². The van der Waals surface area contributed by atoms with E-state index in [0.29, 0.717) is 12.2 Å². The standard InChI is InChI=1S/C22H21FN2O2/c23-18-9-5-16(6-10-18)21(20-4-3-15-27-20)24-22(26)17-7-11-19(12-8-17)25-13-1-2-14-25/h1-2,5-14,20-21H,3-4,15H2,(H,24,26). The number of carbonyl (C=O) groups is 1. The Bertz CT molecular complexity index is 883. The van der Waals surface area contributed by atoms with E-state index in [4.69, 9.17) is 4.74 Å². The van der Waals surface area contributed by atoms with Crippen LogP contribution in [0.2, 0.25) is 0 Å². The van der Waals surface area contributed by atoms with Crippen LogP contribution in [0.25, 0.3) is 5.69 Å². The molecule has 5 heteroatoms. The van der Waals surface area contributed by atoms with Crippen molar-refractivity contribution < 1.29 is 13.9 Å². The van der Waals surface area contributed by atoms with Gasteiger partial charge in [-0.15, -0.1) is 0 Å². The highest BCUT2D eigenvalue weighted by atomic mass is 19.1. The molecule has 4 rings (SSSR count). The van der Waals surface area contributed by atoms with Crippen molar-refractivity contribution in [3.05, 3.63) is 90.0 Å². The molecular weight excluding hydrogens is 343 g/mol. The Kier molecular flexibility index (Phi) is 5.03. The lowest BCUT2D eigenvalue weighted by Gasteiger charge is -2.25. The van der Waals surface area contributed by atoms with Crippen molar-refractivity contribution in [2.24, 2.45) is 0 Å². The van der Waals surface area contributed by atoms with Crippen LogP contribution >= 0.6 is 0 Å². The van der Waals surface area contributed by atoms with Crippen LogP contribution in [0, 0.1) is 5.82 Å². The molecule has 1 aliphatic rings. The second-order valence-electron chi connectivity index (χ2n) is 6.69. The maximum atomic E-state index is 13.3. The third kappa shape index (κ3) is 3.93. The number of benzene rings is 2. The van der Waals surface area contributed by atoms with Gasteiger partial charge in [-0.3, -0.25) is 4.79 Å². The van der Waals surface area contributed by atoms with Crippen molar-refractivity contribution in [1.82, 2.24) is 9.88 Å². The molecule has 1 aliphatic heterocycles. The van der Waals surface area contributed by atoms with Crippen molar-refractivity contribution in [3.63, 3.8) is 0 Å². The van der Waals surface area contributed by atoms with E-state index in [9.17, 15) is 9.18 Å². The Hall–Kier alpha value is -2.92. The van der Waals surface area contributed by atoms with Crippen molar-refractivity contribution >= 4 is 5.91 Å². The fourth-order valence-electron chi connectivity index (χ4n) is 3.44. The molecule has 0 bridgehead atoms. The molecule has 2 unspecified atom stereocenters. The Labute approximate surface area is 157 Å². The summed E-state index contributed by atoms with van der Waals surface area (Å²) < 4.78 is 21.1. The third-order valence-corrected chi connectivity index (χ3v) is 4.88. The topological polar surface area (TPSA) is 43.3 Å². The molecule has 0 spiro atoms. The molecule has 27 heavy (non-hydrogen) atoms. The second-order valence-corrected chi connectivity index (χ2v) is 6.69. The molecule has 2 aromatic carbocycles. The Balaban J connectivity index is 1.53. The maximum absolute atomic E-state index is 13.3. The minimum atomic E-state index is -0.301. The SMILES string of the molecule is O=C(NC(c1ccc(F)cc1)C1CCCO1)c1ccc(-n2cccc2)cc1. The molecule has 0 aliphatic carbocycles. The third-order valence-electron chi connectivity index (χ3n) is 4.88. The lowest BCUT2D eigenvalue weighted by atomic mass is 9.98. The number of carbonyl (C=O) groups excluding carboxylic acids is 1. The van der Waals surface area contributed by atoms with Gasteiger partial charge in [0.25, 0.3) is 5.91 Å². The number of aromatic nitrogens is 1. The van der Waals surface area contributed by atoms with Gasteiger partial charge in [-0.2, -0.15) is 0 Å². The maximum Gasteiger partial charge on any atom is 0.251 e. The first-order valence-corrected chi connectivity index (χ1v) is 9.12. The fourth-order valence-corrected chi connectivity index (χ4v) is 3.44. The van der Waals surface area contributed by atoms with Crippen molar-refractivity contribution in [2.75, 3.05) is 6.61 Å². The zero-order valence-electron chi connectivity index (χ0n) is 14.8. The number of ether oxygens (including phenoxy) is 1. The number of halogens is 1. The van der Waals surface area contributed by atoms with E-state index >= 15 is 0 Å². The lowest BCUT2D eigenvalue weighted by molar-refractivity contribution is 0.0672. The predicted molar refractivity (Wildman–Crippen MR) is 101 cm³/mol. The van der Waals surface area contributed by atoms with Crippen molar-refractivity contribution in [2.45, 2.75) is 25.0 Å². The molecule has 0 saturated carbocycles. The van der Waals surface area contributed by atoms with E-state index in [0.717, 1.165) is 24.1 Å². The first-order chi connectivity index (χ1) is 13.2. The summed E-state index contributed by atoms with van der Waals surface area (Å²) >= 11 is 0. The van der Waals surface area contributed by atoms with Crippen LogP contribution in [0.15, 0.2) is 73.1 Å². The summed E-state index contributed by atoms with van der Waals surface area (Å²) in [5.41, 5.74) is 2.42. The van der Waals surface area contributed by atoms with E-state index < -0.39 is 0 Å². The summed E-state index contributed by atoms with van der Waals surface area (Å²) in [5, 5.41) is 3.07. The highest BCUT2D eigenvalue weighted by Crippen LogP contribution is 2.27. The van der Waals surface area contributed by atoms with Gasteiger partial charge in [-0.25, -0.2) is 4.39 Å². The number of hydrogen-bond donors (Lipinski definition) is 1. The highest BCUT2D eigenvalue weighted by Gasteiger charge is 2.29. The number of rotatable bonds is 5. The van der Waals surface area contributed by atoms with Gasteiger partial charge in [-0.1, -0.05) is 12.1 Å².